The summed E-state index contributed by atoms with van der Waals surface area (Å²) in [4.78, 5) is 0. The summed E-state index contributed by atoms with van der Waals surface area (Å²) in [5, 5.41) is 2.89. The Bertz CT molecular complexity index is 1290. The lowest BCUT2D eigenvalue weighted by atomic mass is 10.0. The molecule has 31 heavy (non-hydrogen) atoms. The van der Waals surface area contributed by atoms with Crippen molar-refractivity contribution in [2.24, 2.45) is 5.92 Å². The molecule has 1 nitrogen and oxygen atoms in total. The fraction of sp³-hybridized carbons (Fsp3) is 0.172. The molecule has 5 rings (SSSR count). The van der Waals surface area contributed by atoms with Crippen LogP contribution in [-0.2, 0) is 17.4 Å². The number of benzene rings is 4. The Labute approximate surface area is 185 Å². The first kappa shape index (κ1) is 20.0. The summed E-state index contributed by atoms with van der Waals surface area (Å²) in [6.45, 7) is 4.45. The third-order valence-electron chi connectivity index (χ3n) is 6.24. The summed E-state index contributed by atoms with van der Waals surface area (Å²) >= 11 is 0. The van der Waals surface area contributed by atoms with Crippen LogP contribution in [0, 0.1) is 5.92 Å². The molecule has 0 N–H and O–H groups in total. The molecule has 1 aliphatic rings. The van der Waals surface area contributed by atoms with Gasteiger partial charge in [-0.2, -0.15) is 0 Å². The summed E-state index contributed by atoms with van der Waals surface area (Å²) in [5.41, 5.74) is 6.23. The second-order valence-electron chi connectivity index (χ2n) is 8.81. The zero-order chi connectivity index (χ0) is 21.4. The van der Waals surface area contributed by atoms with E-state index in [1.807, 2.05) is 36.4 Å². The Morgan fingerprint density at radius 2 is 1.35 bits per heavy atom. The molecule has 0 fully saturated rings. The van der Waals surface area contributed by atoms with Gasteiger partial charge < -0.3 is 4.57 Å². The molecule has 0 bridgehead atoms. The maximum atomic E-state index is 15.3. The van der Waals surface area contributed by atoms with E-state index >= 15 is 4.57 Å². The molecule has 0 saturated heterocycles. The second kappa shape index (κ2) is 7.98. The fourth-order valence-corrected chi connectivity index (χ4v) is 8.06. The van der Waals surface area contributed by atoms with Gasteiger partial charge >= 0.3 is 0 Å². The minimum Gasteiger partial charge on any atom is -0.309 e. The van der Waals surface area contributed by atoms with E-state index in [1.54, 1.807) is 0 Å². The molecule has 1 aliphatic carbocycles. The number of hydrogen-bond acceptors (Lipinski definition) is 1. The molecule has 0 aromatic heterocycles. The normalized spacial score (nSPS) is 14.2. The highest BCUT2D eigenvalue weighted by atomic mass is 31.2. The van der Waals surface area contributed by atoms with Gasteiger partial charge in [-0.15, -0.1) is 0 Å². The van der Waals surface area contributed by atoms with E-state index in [9.17, 15) is 0 Å². The molecule has 2 heteroatoms. The average Bonchev–Trinajstić information content (AvgIpc) is 3.18. The SMILES string of the molecule is CC(C)Cc1ccccc1P(=O)(c1ccccc1)c1cccc2c1Cc1ccccc1-2. The van der Waals surface area contributed by atoms with Crippen LogP contribution in [0.2, 0.25) is 0 Å². The van der Waals surface area contributed by atoms with Crippen LogP contribution in [0.15, 0.2) is 97.1 Å². The highest BCUT2D eigenvalue weighted by Gasteiger charge is 2.36. The molecule has 1 atom stereocenters. The van der Waals surface area contributed by atoms with Crippen molar-refractivity contribution in [3.8, 4) is 11.1 Å². The van der Waals surface area contributed by atoms with Crippen molar-refractivity contribution in [3.05, 3.63) is 114 Å². The van der Waals surface area contributed by atoms with Gasteiger partial charge in [0.25, 0.3) is 0 Å². The van der Waals surface area contributed by atoms with E-state index < -0.39 is 7.14 Å². The Morgan fingerprint density at radius 3 is 2.16 bits per heavy atom. The first-order valence-corrected chi connectivity index (χ1v) is 12.7. The van der Waals surface area contributed by atoms with E-state index in [4.69, 9.17) is 0 Å². The Hall–Kier alpha value is -2.89. The smallest absolute Gasteiger partial charge is 0.171 e. The van der Waals surface area contributed by atoms with Gasteiger partial charge in [-0.05, 0) is 46.6 Å². The van der Waals surface area contributed by atoms with Crippen LogP contribution >= 0.6 is 7.14 Å². The van der Waals surface area contributed by atoms with E-state index in [-0.39, 0.29) is 0 Å². The highest BCUT2D eigenvalue weighted by Crippen LogP contribution is 2.48. The molecule has 0 radical (unpaired) electrons. The van der Waals surface area contributed by atoms with Crippen molar-refractivity contribution in [2.75, 3.05) is 0 Å². The molecular formula is C29H27OP. The number of rotatable bonds is 5. The van der Waals surface area contributed by atoms with E-state index in [2.05, 4.69) is 74.5 Å². The Balaban J connectivity index is 1.80. The summed E-state index contributed by atoms with van der Waals surface area (Å²) in [6.07, 6.45) is 1.76. The topological polar surface area (TPSA) is 17.1 Å². The van der Waals surface area contributed by atoms with Crippen LogP contribution in [0.5, 0.6) is 0 Å². The van der Waals surface area contributed by atoms with Crippen LogP contribution < -0.4 is 15.9 Å². The van der Waals surface area contributed by atoms with E-state index in [0.717, 1.165) is 28.8 Å². The molecule has 154 valence electrons. The van der Waals surface area contributed by atoms with Crippen molar-refractivity contribution in [3.63, 3.8) is 0 Å². The van der Waals surface area contributed by atoms with Gasteiger partial charge in [0.05, 0.1) is 0 Å². The molecule has 4 aromatic carbocycles. The first-order chi connectivity index (χ1) is 15.1. The predicted molar refractivity (Wildman–Crippen MR) is 133 cm³/mol. The van der Waals surface area contributed by atoms with Crippen LogP contribution in [0.4, 0.5) is 0 Å². The van der Waals surface area contributed by atoms with Gasteiger partial charge in [0.1, 0.15) is 0 Å². The van der Waals surface area contributed by atoms with E-state index in [0.29, 0.717) is 5.92 Å². The minimum atomic E-state index is -3.04. The maximum absolute atomic E-state index is 15.3. The largest absolute Gasteiger partial charge is 0.309 e. The Kier molecular flexibility index (Phi) is 5.16. The predicted octanol–water partition coefficient (Wildman–Crippen LogP) is 6.10. The molecule has 0 heterocycles. The van der Waals surface area contributed by atoms with Gasteiger partial charge in [-0.25, -0.2) is 0 Å². The van der Waals surface area contributed by atoms with Crippen LogP contribution in [-0.4, -0.2) is 0 Å². The van der Waals surface area contributed by atoms with Crippen molar-refractivity contribution < 1.29 is 4.57 Å². The molecule has 0 aliphatic heterocycles. The van der Waals surface area contributed by atoms with Crippen molar-refractivity contribution in [1.29, 1.82) is 0 Å². The fourth-order valence-electron chi connectivity index (χ4n) is 4.91. The summed E-state index contributed by atoms with van der Waals surface area (Å²) in [5.74, 6) is 0.496. The lowest BCUT2D eigenvalue weighted by molar-refractivity contribution is 0.591. The summed E-state index contributed by atoms with van der Waals surface area (Å²) in [7, 11) is -3.04. The van der Waals surface area contributed by atoms with Crippen LogP contribution in [0.3, 0.4) is 0 Å². The molecule has 0 saturated carbocycles. The lowest BCUT2D eigenvalue weighted by Gasteiger charge is -2.25. The monoisotopic (exact) mass is 422 g/mol. The van der Waals surface area contributed by atoms with Crippen molar-refractivity contribution >= 4 is 23.1 Å². The standard InChI is InChI=1S/C29H27OP/c1-21(2)19-23-12-7-9-17-28(23)31(30,24-13-4-3-5-14-24)29-18-10-16-26-25-15-8-6-11-22(25)20-27(26)29/h3-18,21H,19-20H2,1-2H3. The third-order valence-corrected chi connectivity index (χ3v) is 9.48. The van der Waals surface area contributed by atoms with E-state index in [1.165, 1.54) is 27.8 Å². The van der Waals surface area contributed by atoms with Crippen molar-refractivity contribution in [2.45, 2.75) is 26.7 Å². The van der Waals surface area contributed by atoms with Gasteiger partial charge in [0.2, 0.25) is 0 Å². The molecule has 4 aromatic rings. The zero-order valence-corrected chi connectivity index (χ0v) is 19.0. The zero-order valence-electron chi connectivity index (χ0n) is 18.1. The molecule has 0 spiro atoms. The highest BCUT2D eigenvalue weighted by molar-refractivity contribution is 7.85. The summed E-state index contributed by atoms with van der Waals surface area (Å²) < 4.78 is 15.3. The molecular weight excluding hydrogens is 395 g/mol. The number of fused-ring (bicyclic) bond motifs is 3. The molecule has 1 unspecified atom stereocenters. The maximum Gasteiger partial charge on any atom is 0.171 e. The average molecular weight is 423 g/mol. The van der Waals surface area contributed by atoms with Gasteiger partial charge in [0, 0.05) is 15.9 Å². The first-order valence-electron chi connectivity index (χ1n) is 11.0. The van der Waals surface area contributed by atoms with Crippen molar-refractivity contribution in [1.82, 2.24) is 0 Å². The third kappa shape index (κ3) is 3.38. The van der Waals surface area contributed by atoms with Gasteiger partial charge in [0.15, 0.2) is 7.14 Å². The number of hydrogen-bond donors (Lipinski definition) is 0. The Morgan fingerprint density at radius 1 is 0.710 bits per heavy atom. The molecule has 0 amide bonds. The second-order valence-corrected chi connectivity index (χ2v) is 11.5. The lowest BCUT2D eigenvalue weighted by Crippen LogP contribution is -2.29. The quantitative estimate of drug-likeness (QED) is 0.313. The van der Waals surface area contributed by atoms with Crippen LogP contribution in [0.1, 0.15) is 30.5 Å². The minimum absolute atomic E-state index is 0.496. The van der Waals surface area contributed by atoms with Crippen LogP contribution in [0.25, 0.3) is 11.1 Å². The van der Waals surface area contributed by atoms with Gasteiger partial charge in [-0.3, -0.25) is 0 Å². The van der Waals surface area contributed by atoms with Gasteiger partial charge in [-0.1, -0.05) is 111 Å². The summed E-state index contributed by atoms with van der Waals surface area (Å²) in [6, 6.07) is 33.4.